The summed E-state index contributed by atoms with van der Waals surface area (Å²) in [4.78, 5) is 30.9. The van der Waals surface area contributed by atoms with Crippen molar-refractivity contribution in [3.05, 3.63) is 29.3 Å². The summed E-state index contributed by atoms with van der Waals surface area (Å²) in [7, 11) is 1.68. The molecule has 1 aromatic carbocycles. The fourth-order valence-corrected chi connectivity index (χ4v) is 5.69. The molecule has 4 rings (SSSR count). The molecule has 0 radical (unpaired) electrons. The van der Waals surface area contributed by atoms with Crippen molar-refractivity contribution in [3.63, 3.8) is 0 Å². The zero-order valence-electron chi connectivity index (χ0n) is 24.9. The average molecular weight is 560 g/mol. The number of nitrogens with zero attached hydrogens (tertiary/aromatic N) is 2. The molecule has 0 aromatic heterocycles. The maximum Gasteiger partial charge on any atom is 0.410 e. The minimum absolute atomic E-state index is 0.0146. The Labute approximate surface area is 239 Å². The molecule has 40 heavy (non-hydrogen) atoms. The molecule has 0 bridgehead atoms. The molecule has 1 aliphatic carbocycles. The van der Waals surface area contributed by atoms with Gasteiger partial charge in [-0.2, -0.15) is 0 Å². The van der Waals surface area contributed by atoms with Crippen LogP contribution in [-0.2, 0) is 20.6 Å². The number of benzene rings is 1. The Hall–Kier alpha value is -2.36. The minimum atomic E-state index is -0.213. The van der Waals surface area contributed by atoms with Gasteiger partial charge in [0.25, 0.3) is 5.91 Å². The number of ether oxygens (including phenoxy) is 4. The van der Waals surface area contributed by atoms with Gasteiger partial charge in [-0.25, -0.2) is 4.79 Å². The quantitative estimate of drug-likeness (QED) is 0.343. The predicted molar refractivity (Wildman–Crippen MR) is 154 cm³/mol. The Balaban J connectivity index is 1.40. The predicted octanol–water partition coefficient (Wildman–Crippen LogP) is 4.13. The van der Waals surface area contributed by atoms with E-state index in [0.717, 1.165) is 69.5 Å². The van der Waals surface area contributed by atoms with Crippen LogP contribution in [0, 0.1) is 11.8 Å². The second-order valence-electron chi connectivity index (χ2n) is 11.7. The van der Waals surface area contributed by atoms with Crippen molar-refractivity contribution in [1.29, 1.82) is 0 Å². The van der Waals surface area contributed by atoms with E-state index < -0.39 is 0 Å². The second-order valence-corrected chi connectivity index (χ2v) is 11.7. The van der Waals surface area contributed by atoms with Crippen molar-refractivity contribution >= 4 is 12.0 Å². The third-order valence-electron chi connectivity index (χ3n) is 8.28. The molecule has 0 spiro atoms. The summed E-state index contributed by atoms with van der Waals surface area (Å²) in [5.74, 6) is 1.29. The van der Waals surface area contributed by atoms with Gasteiger partial charge in [-0.1, -0.05) is 13.0 Å². The van der Waals surface area contributed by atoms with Gasteiger partial charge in [-0.05, 0) is 75.5 Å². The zero-order valence-corrected chi connectivity index (χ0v) is 24.9. The monoisotopic (exact) mass is 559 g/mol. The van der Waals surface area contributed by atoms with Crippen LogP contribution >= 0.6 is 0 Å². The summed E-state index contributed by atoms with van der Waals surface area (Å²) in [6.07, 6.45) is 5.12. The summed E-state index contributed by atoms with van der Waals surface area (Å²) in [5, 5.41) is 3.52. The van der Waals surface area contributed by atoms with Crippen LogP contribution in [-0.4, -0.2) is 99.7 Å². The largest absolute Gasteiger partial charge is 0.493 e. The van der Waals surface area contributed by atoms with E-state index in [9.17, 15) is 9.59 Å². The van der Waals surface area contributed by atoms with E-state index >= 15 is 0 Å². The van der Waals surface area contributed by atoms with E-state index in [0.29, 0.717) is 38.5 Å². The first-order valence-electron chi connectivity index (χ1n) is 15.2. The number of rotatable bonds is 14. The highest BCUT2D eigenvalue weighted by Crippen LogP contribution is 2.32. The molecule has 9 nitrogen and oxygen atoms in total. The highest BCUT2D eigenvalue weighted by atomic mass is 16.6. The summed E-state index contributed by atoms with van der Waals surface area (Å²) in [6, 6.07) is 6.13. The molecule has 1 saturated carbocycles. The van der Waals surface area contributed by atoms with Crippen molar-refractivity contribution in [2.45, 2.75) is 77.5 Å². The Morgan fingerprint density at radius 3 is 2.52 bits per heavy atom. The van der Waals surface area contributed by atoms with Gasteiger partial charge in [0.05, 0.1) is 13.2 Å². The Morgan fingerprint density at radius 2 is 1.88 bits per heavy atom. The fourth-order valence-electron chi connectivity index (χ4n) is 5.69. The lowest BCUT2D eigenvalue weighted by Crippen LogP contribution is -2.45. The maximum absolute atomic E-state index is 13.8. The van der Waals surface area contributed by atoms with Crippen molar-refractivity contribution in [2.75, 3.05) is 59.7 Å². The van der Waals surface area contributed by atoms with Gasteiger partial charge in [-0.15, -0.1) is 0 Å². The number of amides is 2. The third kappa shape index (κ3) is 8.33. The van der Waals surface area contributed by atoms with Crippen molar-refractivity contribution < 1.29 is 28.5 Å². The summed E-state index contributed by atoms with van der Waals surface area (Å²) in [5.41, 5.74) is 1.74. The molecular formula is C31H49N3O6. The Morgan fingerprint density at radius 1 is 1.10 bits per heavy atom. The van der Waals surface area contributed by atoms with E-state index in [4.69, 9.17) is 18.9 Å². The molecule has 3 atom stereocenters. The van der Waals surface area contributed by atoms with Crippen LogP contribution < -0.4 is 10.1 Å². The number of hydrogen-bond acceptors (Lipinski definition) is 7. The normalized spacial score (nSPS) is 22.8. The van der Waals surface area contributed by atoms with E-state index in [1.807, 2.05) is 28.0 Å². The Bertz CT molecular complexity index is 962. The Kier molecular flexibility index (Phi) is 11.5. The molecule has 1 N–H and O–H groups in total. The van der Waals surface area contributed by atoms with Crippen LogP contribution in [0.1, 0.15) is 68.8 Å². The fraction of sp³-hybridized carbons (Fsp3) is 0.742. The smallest absolute Gasteiger partial charge is 0.410 e. The number of aryl methyl sites for hydroxylation is 1. The highest BCUT2D eigenvalue weighted by molar-refractivity contribution is 5.95. The first-order valence-corrected chi connectivity index (χ1v) is 15.2. The molecule has 224 valence electrons. The van der Waals surface area contributed by atoms with Crippen LogP contribution in [0.25, 0.3) is 0 Å². The van der Waals surface area contributed by atoms with E-state index in [1.165, 1.54) is 0 Å². The summed E-state index contributed by atoms with van der Waals surface area (Å²) < 4.78 is 22.5. The van der Waals surface area contributed by atoms with Crippen molar-refractivity contribution in [3.8, 4) is 5.75 Å². The van der Waals surface area contributed by atoms with E-state index in [2.05, 4.69) is 26.1 Å². The van der Waals surface area contributed by atoms with Crippen molar-refractivity contribution in [1.82, 2.24) is 15.1 Å². The number of hydrogen-bond donors (Lipinski definition) is 1. The van der Waals surface area contributed by atoms with Gasteiger partial charge in [0.2, 0.25) is 0 Å². The molecule has 2 amide bonds. The molecule has 2 aliphatic heterocycles. The van der Waals surface area contributed by atoms with Crippen LogP contribution in [0.3, 0.4) is 0 Å². The van der Waals surface area contributed by atoms with E-state index in [-0.39, 0.29) is 42.0 Å². The molecule has 2 saturated heterocycles. The maximum atomic E-state index is 13.8. The van der Waals surface area contributed by atoms with Crippen LogP contribution in [0.4, 0.5) is 4.79 Å². The van der Waals surface area contributed by atoms with Crippen molar-refractivity contribution in [2.24, 2.45) is 11.8 Å². The molecule has 3 aliphatic rings. The molecule has 9 heteroatoms. The van der Waals surface area contributed by atoms with Crippen LogP contribution in [0.2, 0.25) is 0 Å². The first kappa shape index (κ1) is 30.6. The second kappa shape index (κ2) is 15.0. The first-order chi connectivity index (χ1) is 19.4. The van der Waals surface area contributed by atoms with Gasteiger partial charge in [0, 0.05) is 70.6 Å². The summed E-state index contributed by atoms with van der Waals surface area (Å²) in [6.45, 7) is 11.6. The molecule has 1 aromatic rings. The standard InChI is InChI=1S/C31H49N3O6/c1-5-23-9-10-24(16-29(23)39-15-7-13-37-4)30(35)33(22(2)3)19-25-17-32-18-26(25)20-34(27-11-12-27)31(36)40-28-8-6-14-38-21-28/h9-10,16,22,25-28,32H,5-8,11-15,17-21H2,1-4H3/t25-,26-,28-/m0/s1. The van der Waals surface area contributed by atoms with Gasteiger partial charge >= 0.3 is 6.09 Å². The van der Waals surface area contributed by atoms with Gasteiger partial charge in [0.15, 0.2) is 0 Å². The molecular weight excluding hydrogens is 510 g/mol. The lowest BCUT2D eigenvalue weighted by molar-refractivity contribution is -0.0292. The molecule has 2 heterocycles. The van der Waals surface area contributed by atoms with Gasteiger partial charge < -0.3 is 34.1 Å². The van der Waals surface area contributed by atoms with E-state index in [1.54, 1.807) is 7.11 Å². The number of nitrogens with one attached hydrogen (secondary N) is 1. The van der Waals surface area contributed by atoms with Crippen LogP contribution in [0.15, 0.2) is 18.2 Å². The number of carbonyl (C=O) groups is 2. The molecule has 3 fully saturated rings. The zero-order chi connectivity index (χ0) is 28.5. The molecule has 0 unspecified atom stereocenters. The number of methoxy groups -OCH3 is 1. The SMILES string of the molecule is CCc1ccc(C(=O)N(C[C@@H]2CNC[C@H]2CN(C(=O)O[C@H]2CCCOC2)C2CC2)C(C)C)cc1OCCCOC. The topological polar surface area (TPSA) is 89.6 Å². The minimum Gasteiger partial charge on any atom is -0.493 e. The highest BCUT2D eigenvalue weighted by Gasteiger charge is 2.40. The third-order valence-corrected chi connectivity index (χ3v) is 8.28. The van der Waals surface area contributed by atoms with Gasteiger partial charge in [0.1, 0.15) is 11.9 Å². The van der Waals surface area contributed by atoms with Crippen LogP contribution in [0.5, 0.6) is 5.75 Å². The number of carbonyl (C=O) groups excluding carboxylic acids is 2. The van der Waals surface area contributed by atoms with Gasteiger partial charge in [-0.3, -0.25) is 4.79 Å². The lowest BCUT2D eigenvalue weighted by atomic mass is 9.94. The average Bonchev–Trinajstić information content (AvgIpc) is 3.71. The lowest BCUT2D eigenvalue weighted by Gasteiger charge is -2.34. The summed E-state index contributed by atoms with van der Waals surface area (Å²) >= 11 is 0.